The molecule has 0 amide bonds. The van der Waals surface area contributed by atoms with Crippen LogP contribution >= 0.6 is 0 Å². The number of methoxy groups -OCH3 is 1. The molecule has 0 aromatic carbocycles. The van der Waals surface area contributed by atoms with Gasteiger partial charge in [0.15, 0.2) is 0 Å². The molecule has 3 heterocycles. The van der Waals surface area contributed by atoms with E-state index in [-0.39, 0.29) is 0 Å². The third kappa shape index (κ3) is 3.30. The fourth-order valence-electron chi connectivity index (χ4n) is 3.81. The van der Waals surface area contributed by atoms with Gasteiger partial charge in [-0.1, -0.05) is 0 Å². The fraction of sp³-hybridized carbons (Fsp3) is 0.579. The van der Waals surface area contributed by atoms with Crippen LogP contribution in [0.5, 0.6) is 5.88 Å². The number of ether oxygens (including phenoxy) is 1. The van der Waals surface area contributed by atoms with Crippen LogP contribution < -0.4 is 14.5 Å². The number of aryl methyl sites for hydroxylation is 1. The lowest BCUT2D eigenvalue weighted by Crippen LogP contribution is -2.47. The highest BCUT2D eigenvalue weighted by Gasteiger charge is 2.37. The zero-order valence-electron chi connectivity index (χ0n) is 15.7. The van der Waals surface area contributed by atoms with Gasteiger partial charge in [0.25, 0.3) is 0 Å². The average molecular weight is 354 g/mol. The summed E-state index contributed by atoms with van der Waals surface area (Å²) in [6.07, 6.45) is 7.98. The third-order valence-corrected chi connectivity index (χ3v) is 5.51. The second-order valence-electron chi connectivity index (χ2n) is 7.18. The van der Waals surface area contributed by atoms with Gasteiger partial charge >= 0.3 is 0 Å². The van der Waals surface area contributed by atoms with Crippen molar-refractivity contribution in [2.45, 2.75) is 51.6 Å². The fourth-order valence-corrected chi connectivity index (χ4v) is 3.81. The van der Waals surface area contributed by atoms with Crippen molar-refractivity contribution >= 4 is 11.6 Å². The van der Waals surface area contributed by atoms with Gasteiger partial charge in [-0.2, -0.15) is 0 Å². The molecule has 138 valence electrons. The van der Waals surface area contributed by atoms with Crippen LogP contribution in [0.25, 0.3) is 0 Å². The van der Waals surface area contributed by atoms with E-state index in [4.69, 9.17) is 4.74 Å². The molecule has 0 spiro atoms. The van der Waals surface area contributed by atoms with E-state index < -0.39 is 0 Å². The van der Waals surface area contributed by atoms with Crippen LogP contribution in [0.1, 0.15) is 36.9 Å². The zero-order valence-corrected chi connectivity index (χ0v) is 15.7. The predicted molar refractivity (Wildman–Crippen MR) is 101 cm³/mol. The van der Waals surface area contributed by atoms with E-state index >= 15 is 0 Å². The van der Waals surface area contributed by atoms with E-state index in [1.54, 1.807) is 19.8 Å². The van der Waals surface area contributed by atoms with Crippen molar-refractivity contribution < 1.29 is 4.74 Å². The lowest BCUT2D eigenvalue weighted by Gasteiger charge is -2.40. The summed E-state index contributed by atoms with van der Waals surface area (Å²) in [5.74, 6) is 2.70. The maximum atomic E-state index is 5.29. The summed E-state index contributed by atoms with van der Waals surface area (Å²) in [6.45, 7) is 6.17. The van der Waals surface area contributed by atoms with Gasteiger partial charge in [0.1, 0.15) is 24.3 Å². The summed E-state index contributed by atoms with van der Waals surface area (Å²) in [4.78, 5) is 22.4. The largest absolute Gasteiger partial charge is 0.481 e. The van der Waals surface area contributed by atoms with Gasteiger partial charge < -0.3 is 14.5 Å². The van der Waals surface area contributed by atoms with Crippen molar-refractivity contribution in [3.05, 3.63) is 30.0 Å². The molecule has 1 saturated carbocycles. The number of piperidine rings is 1. The van der Waals surface area contributed by atoms with Gasteiger partial charge in [0, 0.05) is 42.5 Å². The SMILES string of the molecule is COc1cc(N(C2CC2)C2CCN(c3ncnc(C)c3C)CC2)ncn1. The molecule has 1 aliphatic heterocycles. The minimum atomic E-state index is 0.501. The molecule has 0 bridgehead atoms. The first-order valence-electron chi connectivity index (χ1n) is 9.35. The summed E-state index contributed by atoms with van der Waals surface area (Å²) < 4.78 is 5.29. The Labute approximate surface area is 154 Å². The Kier molecular flexibility index (Phi) is 4.61. The van der Waals surface area contributed by atoms with Crippen LogP contribution in [0.4, 0.5) is 11.6 Å². The smallest absolute Gasteiger partial charge is 0.218 e. The molecule has 0 unspecified atom stereocenters. The molecule has 2 aromatic rings. The molecular formula is C19H26N6O. The van der Waals surface area contributed by atoms with E-state index in [1.165, 1.54) is 18.4 Å². The van der Waals surface area contributed by atoms with Crippen LogP contribution in [0.2, 0.25) is 0 Å². The van der Waals surface area contributed by atoms with Crippen LogP contribution in [-0.2, 0) is 0 Å². The number of hydrogen-bond donors (Lipinski definition) is 0. The van der Waals surface area contributed by atoms with Crippen molar-refractivity contribution in [2.75, 3.05) is 30.0 Å². The molecule has 7 heteroatoms. The van der Waals surface area contributed by atoms with Crippen molar-refractivity contribution in [3.63, 3.8) is 0 Å². The second-order valence-corrected chi connectivity index (χ2v) is 7.18. The van der Waals surface area contributed by atoms with Crippen LogP contribution in [-0.4, -0.2) is 52.2 Å². The van der Waals surface area contributed by atoms with Gasteiger partial charge in [-0.25, -0.2) is 19.9 Å². The van der Waals surface area contributed by atoms with Gasteiger partial charge in [-0.05, 0) is 39.5 Å². The molecule has 1 aliphatic carbocycles. The number of rotatable bonds is 5. The van der Waals surface area contributed by atoms with Gasteiger partial charge in [-0.3, -0.25) is 0 Å². The van der Waals surface area contributed by atoms with Crippen LogP contribution in [0, 0.1) is 13.8 Å². The molecule has 0 N–H and O–H groups in total. The second kappa shape index (κ2) is 7.05. The quantitative estimate of drug-likeness (QED) is 0.817. The maximum absolute atomic E-state index is 5.29. The first-order chi connectivity index (χ1) is 12.7. The minimum Gasteiger partial charge on any atom is -0.481 e. The van der Waals surface area contributed by atoms with Crippen molar-refractivity contribution in [3.8, 4) is 5.88 Å². The number of nitrogens with zero attached hydrogens (tertiary/aromatic N) is 6. The first kappa shape index (κ1) is 17.0. The summed E-state index contributed by atoms with van der Waals surface area (Å²) in [6, 6.07) is 3.07. The Bertz CT molecular complexity index is 770. The Hall–Kier alpha value is -2.44. The Morgan fingerprint density at radius 2 is 1.65 bits per heavy atom. The highest BCUT2D eigenvalue weighted by molar-refractivity contribution is 5.49. The predicted octanol–water partition coefficient (Wildman–Crippen LogP) is 2.53. The van der Waals surface area contributed by atoms with Gasteiger partial charge in [0.05, 0.1) is 7.11 Å². The minimum absolute atomic E-state index is 0.501. The standard InChI is InChI=1S/C19H26N6O/c1-13-14(2)20-11-23-19(13)24-8-6-16(7-9-24)25(15-4-5-15)17-10-18(26-3)22-12-21-17/h10-12,15-16H,4-9H2,1-3H3. The number of hydrogen-bond acceptors (Lipinski definition) is 7. The summed E-state index contributed by atoms with van der Waals surface area (Å²) in [7, 11) is 1.65. The number of anilines is 2. The maximum Gasteiger partial charge on any atom is 0.218 e. The van der Waals surface area contributed by atoms with Gasteiger partial charge in [0.2, 0.25) is 5.88 Å². The normalized spacial score (nSPS) is 18.0. The lowest BCUT2D eigenvalue weighted by molar-refractivity contribution is 0.395. The Morgan fingerprint density at radius 1 is 0.962 bits per heavy atom. The van der Waals surface area contributed by atoms with E-state index in [2.05, 4.69) is 36.7 Å². The van der Waals surface area contributed by atoms with E-state index in [0.717, 1.165) is 43.3 Å². The van der Waals surface area contributed by atoms with Gasteiger partial charge in [-0.15, -0.1) is 0 Å². The molecule has 2 aromatic heterocycles. The summed E-state index contributed by atoms with van der Waals surface area (Å²) >= 11 is 0. The molecule has 26 heavy (non-hydrogen) atoms. The van der Waals surface area contributed by atoms with Crippen molar-refractivity contribution in [2.24, 2.45) is 0 Å². The summed E-state index contributed by atoms with van der Waals surface area (Å²) in [5, 5.41) is 0. The molecule has 4 rings (SSSR count). The van der Waals surface area contributed by atoms with E-state index in [0.29, 0.717) is 18.0 Å². The molecule has 1 saturated heterocycles. The molecule has 0 atom stereocenters. The molecular weight excluding hydrogens is 328 g/mol. The lowest BCUT2D eigenvalue weighted by atomic mass is 10.0. The van der Waals surface area contributed by atoms with E-state index in [9.17, 15) is 0 Å². The topological polar surface area (TPSA) is 67.3 Å². The van der Waals surface area contributed by atoms with E-state index in [1.807, 2.05) is 13.0 Å². The number of aromatic nitrogens is 4. The Balaban J connectivity index is 1.49. The first-order valence-corrected chi connectivity index (χ1v) is 9.35. The highest BCUT2D eigenvalue weighted by atomic mass is 16.5. The highest BCUT2D eigenvalue weighted by Crippen LogP contribution is 2.36. The Morgan fingerprint density at radius 3 is 2.35 bits per heavy atom. The monoisotopic (exact) mass is 354 g/mol. The van der Waals surface area contributed by atoms with Crippen LogP contribution in [0.3, 0.4) is 0 Å². The molecule has 2 aliphatic rings. The van der Waals surface area contributed by atoms with Crippen molar-refractivity contribution in [1.29, 1.82) is 0 Å². The zero-order chi connectivity index (χ0) is 18.1. The third-order valence-electron chi connectivity index (χ3n) is 5.51. The molecule has 2 fully saturated rings. The summed E-state index contributed by atoms with van der Waals surface area (Å²) in [5.41, 5.74) is 2.25. The average Bonchev–Trinajstić information content (AvgIpc) is 3.50. The van der Waals surface area contributed by atoms with Crippen molar-refractivity contribution in [1.82, 2.24) is 19.9 Å². The van der Waals surface area contributed by atoms with Crippen LogP contribution in [0.15, 0.2) is 18.7 Å². The molecule has 7 nitrogen and oxygen atoms in total. The molecule has 0 radical (unpaired) electrons.